The molecular weight excluding hydrogens is 184 g/mol. The molecule has 0 aliphatic rings. The molecule has 0 radical (unpaired) electrons. The van der Waals surface area contributed by atoms with Crippen LogP contribution in [0.2, 0.25) is 0 Å². The first kappa shape index (κ1) is 8.37. The Balaban J connectivity index is 2.23. The summed E-state index contributed by atoms with van der Waals surface area (Å²) in [6.45, 7) is 4.82. The monoisotopic (exact) mass is 194 g/mol. The summed E-state index contributed by atoms with van der Waals surface area (Å²) < 4.78 is 1.81. The van der Waals surface area contributed by atoms with Crippen LogP contribution >= 0.6 is 11.3 Å². The molecular formula is C8H10N4S. The van der Waals surface area contributed by atoms with E-state index in [1.165, 1.54) is 4.88 Å². The number of rotatable bonds is 2. The van der Waals surface area contributed by atoms with Gasteiger partial charge in [0.25, 0.3) is 0 Å². The van der Waals surface area contributed by atoms with Gasteiger partial charge in [0.2, 0.25) is 0 Å². The number of hydrogen-bond donors (Lipinski definition) is 0. The second-order valence-electron chi connectivity index (χ2n) is 2.84. The van der Waals surface area contributed by atoms with E-state index >= 15 is 0 Å². The minimum atomic E-state index is 0.775. The highest BCUT2D eigenvalue weighted by molar-refractivity contribution is 7.11. The molecule has 4 nitrogen and oxygen atoms in total. The second kappa shape index (κ2) is 3.26. The third kappa shape index (κ3) is 1.75. The van der Waals surface area contributed by atoms with E-state index in [4.69, 9.17) is 0 Å². The summed E-state index contributed by atoms with van der Waals surface area (Å²) in [7, 11) is 0. The Morgan fingerprint density at radius 3 is 2.85 bits per heavy atom. The maximum atomic E-state index is 4.35. The van der Waals surface area contributed by atoms with E-state index in [1.54, 1.807) is 22.2 Å². The average molecular weight is 194 g/mol. The zero-order valence-electron chi connectivity index (χ0n) is 7.56. The highest BCUT2D eigenvalue weighted by Crippen LogP contribution is 2.17. The van der Waals surface area contributed by atoms with E-state index in [-0.39, 0.29) is 0 Å². The van der Waals surface area contributed by atoms with E-state index < -0.39 is 0 Å². The molecule has 0 aliphatic heterocycles. The third-order valence-corrected chi connectivity index (χ3v) is 2.83. The predicted octanol–water partition coefficient (Wildman–Crippen LogP) is 1.40. The van der Waals surface area contributed by atoms with Crippen molar-refractivity contribution in [2.45, 2.75) is 20.4 Å². The lowest BCUT2D eigenvalue weighted by Crippen LogP contribution is -1.99. The molecule has 0 spiro atoms. The van der Waals surface area contributed by atoms with Gasteiger partial charge in [0.1, 0.15) is 0 Å². The van der Waals surface area contributed by atoms with Crippen molar-refractivity contribution < 1.29 is 0 Å². The molecule has 2 rings (SSSR count). The number of nitrogens with zero attached hydrogens (tertiary/aromatic N) is 4. The molecule has 2 aromatic heterocycles. The highest BCUT2D eigenvalue weighted by atomic mass is 32.1. The minimum Gasteiger partial charge on any atom is -0.247 e. The molecule has 0 saturated heterocycles. The van der Waals surface area contributed by atoms with Crippen molar-refractivity contribution in [3.63, 3.8) is 0 Å². The van der Waals surface area contributed by atoms with Gasteiger partial charge >= 0.3 is 0 Å². The quantitative estimate of drug-likeness (QED) is 0.725. The highest BCUT2D eigenvalue weighted by Gasteiger charge is 2.05. The fraction of sp³-hybridized carbons (Fsp3) is 0.375. The summed E-state index contributed by atoms with van der Waals surface area (Å²) in [5.74, 6) is 0. The molecule has 2 aromatic rings. The first-order valence-electron chi connectivity index (χ1n) is 4.02. The van der Waals surface area contributed by atoms with Gasteiger partial charge < -0.3 is 0 Å². The van der Waals surface area contributed by atoms with Gasteiger partial charge in [-0.1, -0.05) is 5.21 Å². The summed E-state index contributed by atoms with van der Waals surface area (Å²) in [5, 5.41) is 8.76. The molecule has 0 aliphatic carbocycles. The van der Waals surface area contributed by atoms with E-state index in [2.05, 4.69) is 15.3 Å². The molecule has 2 heterocycles. The van der Waals surface area contributed by atoms with Crippen molar-refractivity contribution in [1.29, 1.82) is 0 Å². The minimum absolute atomic E-state index is 0.775. The van der Waals surface area contributed by atoms with Gasteiger partial charge in [0.15, 0.2) is 0 Å². The fourth-order valence-electron chi connectivity index (χ4n) is 1.18. The van der Waals surface area contributed by atoms with Gasteiger partial charge in [0, 0.05) is 11.1 Å². The molecule has 0 bridgehead atoms. The normalized spacial score (nSPS) is 10.6. The largest absolute Gasteiger partial charge is 0.247 e. The maximum absolute atomic E-state index is 4.35. The van der Waals surface area contributed by atoms with Crippen LogP contribution in [0.5, 0.6) is 0 Å². The Morgan fingerprint density at radius 1 is 1.46 bits per heavy atom. The molecule has 0 saturated carbocycles. The van der Waals surface area contributed by atoms with E-state index in [9.17, 15) is 0 Å². The number of hydrogen-bond acceptors (Lipinski definition) is 4. The summed E-state index contributed by atoms with van der Waals surface area (Å²) in [6, 6.07) is 0. The molecule has 0 unspecified atom stereocenters. The second-order valence-corrected chi connectivity index (χ2v) is 4.13. The first-order chi connectivity index (χ1) is 6.25. The van der Waals surface area contributed by atoms with Crippen LogP contribution in [-0.4, -0.2) is 20.0 Å². The van der Waals surface area contributed by atoms with Gasteiger partial charge in [-0.3, -0.25) is 0 Å². The summed E-state index contributed by atoms with van der Waals surface area (Å²) in [4.78, 5) is 5.60. The lowest BCUT2D eigenvalue weighted by molar-refractivity contribution is 0.653. The van der Waals surface area contributed by atoms with Gasteiger partial charge in [0.05, 0.1) is 23.4 Å². The number of aromatic nitrogens is 4. The average Bonchev–Trinajstić information content (AvgIpc) is 2.63. The molecule has 0 fully saturated rings. The lowest BCUT2D eigenvalue weighted by Gasteiger charge is -1.96. The molecule has 0 amide bonds. The van der Waals surface area contributed by atoms with Crippen LogP contribution in [0.4, 0.5) is 0 Å². The van der Waals surface area contributed by atoms with Gasteiger partial charge in [-0.15, -0.1) is 16.4 Å². The summed E-state index contributed by atoms with van der Waals surface area (Å²) in [6.07, 6.45) is 3.54. The maximum Gasteiger partial charge on any atom is 0.0900 e. The van der Waals surface area contributed by atoms with Crippen molar-refractivity contribution in [2.24, 2.45) is 0 Å². The van der Waals surface area contributed by atoms with Crippen LogP contribution in [0, 0.1) is 13.8 Å². The fourth-order valence-corrected chi connectivity index (χ4v) is 2.11. The van der Waals surface area contributed by atoms with Crippen LogP contribution in [0.1, 0.15) is 15.6 Å². The molecule has 0 N–H and O–H groups in total. The lowest BCUT2D eigenvalue weighted by atomic mass is 10.4. The van der Waals surface area contributed by atoms with Crippen molar-refractivity contribution in [1.82, 2.24) is 20.0 Å². The smallest absolute Gasteiger partial charge is 0.0900 e. The van der Waals surface area contributed by atoms with Crippen LogP contribution < -0.4 is 0 Å². The van der Waals surface area contributed by atoms with Gasteiger partial charge in [-0.25, -0.2) is 9.67 Å². The zero-order chi connectivity index (χ0) is 9.26. The molecule has 13 heavy (non-hydrogen) atoms. The summed E-state index contributed by atoms with van der Waals surface area (Å²) in [5.41, 5.74) is 1.10. The van der Waals surface area contributed by atoms with Crippen molar-refractivity contribution >= 4 is 11.3 Å². The Kier molecular flexibility index (Phi) is 2.10. The van der Waals surface area contributed by atoms with Crippen molar-refractivity contribution in [3.8, 4) is 0 Å². The number of aryl methyl sites for hydroxylation is 2. The Morgan fingerprint density at radius 2 is 2.31 bits per heavy atom. The molecule has 68 valence electrons. The summed E-state index contributed by atoms with van der Waals surface area (Å²) >= 11 is 1.71. The molecule has 5 heteroatoms. The molecule has 0 aromatic carbocycles. The van der Waals surface area contributed by atoms with Crippen LogP contribution in [-0.2, 0) is 6.54 Å². The third-order valence-electron chi connectivity index (χ3n) is 1.78. The van der Waals surface area contributed by atoms with E-state index in [0.717, 1.165) is 17.2 Å². The van der Waals surface area contributed by atoms with E-state index in [0.29, 0.717) is 0 Å². The SMILES string of the molecule is Cc1nc(C)c(Cn2ccnn2)s1. The van der Waals surface area contributed by atoms with Crippen LogP contribution in [0.25, 0.3) is 0 Å². The Labute approximate surface area is 80.2 Å². The Hall–Kier alpha value is -1.23. The first-order valence-corrected chi connectivity index (χ1v) is 4.84. The molecule has 0 atom stereocenters. The van der Waals surface area contributed by atoms with Crippen molar-refractivity contribution in [2.75, 3.05) is 0 Å². The topological polar surface area (TPSA) is 43.6 Å². The van der Waals surface area contributed by atoms with Gasteiger partial charge in [-0.2, -0.15) is 0 Å². The van der Waals surface area contributed by atoms with E-state index in [1.807, 2.05) is 20.0 Å². The standard InChI is InChI=1S/C8H10N4S/c1-6-8(13-7(2)10-6)5-12-4-3-9-11-12/h3-4H,5H2,1-2H3. The number of thiazole rings is 1. The Bertz CT molecular complexity index is 390. The predicted molar refractivity (Wildman–Crippen MR) is 50.7 cm³/mol. The van der Waals surface area contributed by atoms with Gasteiger partial charge in [-0.05, 0) is 13.8 Å². The van der Waals surface area contributed by atoms with Crippen LogP contribution in [0.15, 0.2) is 12.4 Å². The van der Waals surface area contributed by atoms with Crippen molar-refractivity contribution in [3.05, 3.63) is 28.0 Å². The van der Waals surface area contributed by atoms with Crippen LogP contribution in [0.3, 0.4) is 0 Å². The zero-order valence-corrected chi connectivity index (χ0v) is 8.38.